The molecule has 2 saturated heterocycles. The lowest BCUT2D eigenvalue weighted by Gasteiger charge is -2.34. The smallest absolute Gasteiger partial charge is 0.253 e. The molecule has 0 radical (unpaired) electrons. The van der Waals surface area contributed by atoms with Gasteiger partial charge in [0.15, 0.2) is 0 Å². The van der Waals surface area contributed by atoms with Crippen LogP contribution in [0.4, 0.5) is 8.78 Å². The lowest BCUT2D eigenvalue weighted by atomic mass is 9.86. The molecule has 0 unspecified atom stereocenters. The first-order valence-corrected chi connectivity index (χ1v) is 12.6. The van der Waals surface area contributed by atoms with Gasteiger partial charge in [-0.15, -0.1) is 0 Å². The van der Waals surface area contributed by atoms with Gasteiger partial charge in [-0.2, -0.15) is 0 Å². The van der Waals surface area contributed by atoms with E-state index in [1.165, 1.54) is 42.7 Å². The Morgan fingerprint density at radius 3 is 2.09 bits per heavy atom. The summed E-state index contributed by atoms with van der Waals surface area (Å²) >= 11 is 0. The van der Waals surface area contributed by atoms with Gasteiger partial charge in [0, 0.05) is 31.1 Å². The van der Waals surface area contributed by atoms with E-state index in [0.717, 1.165) is 31.6 Å². The standard InChI is InChI=1S/C30H32F2N2O/c31-27-10-6-24(7-11-27)29-21-34(30(35)25-8-12-28(32)13-9-25)20-26(29)19-33-16-14-23(15-17-33)18-22-4-2-1-3-5-22/h1-13,23,26,29H,14-21H2/t26-,29-/m1/s1. The third kappa shape index (κ3) is 5.79. The molecule has 0 N–H and O–H groups in total. The van der Waals surface area contributed by atoms with Crippen LogP contribution in [0.5, 0.6) is 0 Å². The maximum absolute atomic E-state index is 13.6. The van der Waals surface area contributed by atoms with E-state index in [2.05, 4.69) is 35.2 Å². The van der Waals surface area contributed by atoms with Crippen molar-refractivity contribution in [3.63, 3.8) is 0 Å². The Hall–Kier alpha value is -3.05. The molecule has 0 saturated carbocycles. The van der Waals surface area contributed by atoms with E-state index < -0.39 is 0 Å². The Kier molecular flexibility index (Phi) is 7.24. The topological polar surface area (TPSA) is 23.6 Å². The van der Waals surface area contributed by atoms with Crippen molar-refractivity contribution in [2.45, 2.75) is 25.2 Å². The number of amides is 1. The maximum atomic E-state index is 13.6. The highest BCUT2D eigenvalue weighted by Crippen LogP contribution is 2.35. The van der Waals surface area contributed by atoms with Crippen molar-refractivity contribution in [3.05, 3.63) is 107 Å². The summed E-state index contributed by atoms with van der Waals surface area (Å²) in [5.74, 6) is 0.476. The second-order valence-corrected chi connectivity index (χ2v) is 10.1. The summed E-state index contributed by atoms with van der Waals surface area (Å²) in [5, 5.41) is 0. The molecule has 2 atom stereocenters. The molecule has 0 aromatic heterocycles. The molecule has 0 aliphatic carbocycles. The number of piperidine rings is 1. The zero-order valence-electron chi connectivity index (χ0n) is 20.0. The van der Waals surface area contributed by atoms with Crippen LogP contribution in [-0.2, 0) is 6.42 Å². The normalized spacial score (nSPS) is 21.4. The minimum atomic E-state index is -0.347. The Morgan fingerprint density at radius 1 is 0.800 bits per heavy atom. The number of benzene rings is 3. The number of hydrogen-bond donors (Lipinski definition) is 0. The fourth-order valence-corrected chi connectivity index (χ4v) is 5.74. The molecule has 0 bridgehead atoms. The number of carbonyl (C=O) groups is 1. The number of rotatable bonds is 6. The quantitative estimate of drug-likeness (QED) is 0.453. The van der Waals surface area contributed by atoms with Crippen molar-refractivity contribution >= 4 is 5.91 Å². The molecule has 3 aromatic carbocycles. The van der Waals surface area contributed by atoms with Gasteiger partial charge in [-0.05, 0) is 91.7 Å². The number of likely N-dealkylation sites (tertiary alicyclic amines) is 2. The van der Waals surface area contributed by atoms with Gasteiger partial charge < -0.3 is 9.80 Å². The molecule has 3 aromatic rings. The van der Waals surface area contributed by atoms with Crippen LogP contribution in [0.1, 0.15) is 40.2 Å². The van der Waals surface area contributed by atoms with Crippen LogP contribution in [0, 0.1) is 23.5 Å². The van der Waals surface area contributed by atoms with Crippen LogP contribution < -0.4 is 0 Å². The molecule has 1 amide bonds. The van der Waals surface area contributed by atoms with Gasteiger partial charge in [-0.3, -0.25) is 4.79 Å². The largest absolute Gasteiger partial charge is 0.338 e. The summed E-state index contributed by atoms with van der Waals surface area (Å²) in [6.45, 7) is 4.30. The molecule has 0 spiro atoms. The second kappa shape index (κ2) is 10.7. The van der Waals surface area contributed by atoms with Crippen LogP contribution in [0.25, 0.3) is 0 Å². The highest BCUT2D eigenvalue weighted by atomic mass is 19.1. The summed E-state index contributed by atoms with van der Waals surface area (Å²) in [5.41, 5.74) is 2.99. The molecular formula is C30H32F2N2O. The Labute approximate surface area is 206 Å². The lowest BCUT2D eigenvalue weighted by Crippen LogP contribution is -2.39. The van der Waals surface area contributed by atoms with E-state index in [9.17, 15) is 13.6 Å². The SMILES string of the molecule is O=C(c1ccc(F)cc1)N1C[C@@H](CN2CCC(Cc3ccccc3)CC2)[C@@H](c2ccc(F)cc2)C1. The Bertz CT molecular complexity index is 1110. The highest BCUT2D eigenvalue weighted by molar-refractivity contribution is 5.94. The predicted octanol–water partition coefficient (Wildman–Crippen LogP) is 5.78. The Balaban J connectivity index is 1.25. The molecular weight excluding hydrogens is 442 g/mol. The van der Waals surface area contributed by atoms with Crippen molar-refractivity contribution in [3.8, 4) is 0 Å². The van der Waals surface area contributed by atoms with E-state index >= 15 is 0 Å². The fourth-order valence-electron chi connectivity index (χ4n) is 5.74. The summed E-state index contributed by atoms with van der Waals surface area (Å²) in [7, 11) is 0. The van der Waals surface area contributed by atoms with Crippen molar-refractivity contribution in [1.82, 2.24) is 9.80 Å². The maximum Gasteiger partial charge on any atom is 0.253 e. The summed E-state index contributed by atoms with van der Waals surface area (Å²) in [6.07, 6.45) is 3.50. The van der Waals surface area contributed by atoms with Crippen molar-refractivity contribution in [1.29, 1.82) is 0 Å². The molecule has 35 heavy (non-hydrogen) atoms. The molecule has 182 valence electrons. The molecule has 2 heterocycles. The zero-order chi connectivity index (χ0) is 24.2. The van der Waals surface area contributed by atoms with Gasteiger partial charge >= 0.3 is 0 Å². The lowest BCUT2D eigenvalue weighted by molar-refractivity contribution is 0.0780. The van der Waals surface area contributed by atoms with Gasteiger partial charge in [0.1, 0.15) is 11.6 Å². The first-order valence-electron chi connectivity index (χ1n) is 12.6. The van der Waals surface area contributed by atoms with Gasteiger partial charge in [0.05, 0.1) is 0 Å². The predicted molar refractivity (Wildman–Crippen MR) is 134 cm³/mol. The first kappa shape index (κ1) is 23.7. The number of halogens is 2. The Morgan fingerprint density at radius 2 is 1.43 bits per heavy atom. The number of nitrogens with zero attached hydrogens (tertiary/aromatic N) is 2. The molecule has 2 fully saturated rings. The highest BCUT2D eigenvalue weighted by Gasteiger charge is 2.38. The molecule has 2 aliphatic heterocycles. The summed E-state index contributed by atoms with van der Waals surface area (Å²) in [6, 6.07) is 23.2. The van der Waals surface area contributed by atoms with E-state index in [1.54, 1.807) is 12.1 Å². The minimum absolute atomic E-state index is 0.0684. The van der Waals surface area contributed by atoms with E-state index in [0.29, 0.717) is 24.6 Å². The second-order valence-electron chi connectivity index (χ2n) is 10.1. The molecule has 5 rings (SSSR count). The van der Waals surface area contributed by atoms with E-state index in [4.69, 9.17) is 0 Å². The average molecular weight is 475 g/mol. The number of carbonyl (C=O) groups excluding carboxylic acids is 1. The van der Waals surface area contributed by atoms with Crippen LogP contribution in [0.3, 0.4) is 0 Å². The van der Waals surface area contributed by atoms with E-state index in [1.807, 2.05) is 17.0 Å². The van der Waals surface area contributed by atoms with Gasteiger partial charge in [0.25, 0.3) is 5.91 Å². The van der Waals surface area contributed by atoms with Gasteiger partial charge in [-0.25, -0.2) is 8.78 Å². The molecule has 3 nitrogen and oxygen atoms in total. The molecule has 2 aliphatic rings. The van der Waals surface area contributed by atoms with Crippen molar-refractivity contribution in [2.75, 3.05) is 32.7 Å². The third-order valence-electron chi connectivity index (χ3n) is 7.68. The summed E-state index contributed by atoms with van der Waals surface area (Å²) < 4.78 is 26.9. The fraction of sp³-hybridized carbons (Fsp3) is 0.367. The van der Waals surface area contributed by atoms with Crippen LogP contribution in [0.2, 0.25) is 0 Å². The first-order chi connectivity index (χ1) is 17.0. The van der Waals surface area contributed by atoms with Crippen LogP contribution >= 0.6 is 0 Å². The summed E-state index contributed by atoms with van der Waals surface area (Å²) in [4.78, 5) is 17.6. The number of hydrogen-bond acceptors (Lipinski definition) is 2. The average Bonchev–Trinajstić information content (AvgIpc) is 3.30. The van der Waals surface area contributed by atoms with Crippen molar-refractivity contribution < 1.29 is 13.6 Å². The van der Waals surface area contributed by atoms with Crippen molar-refractivity contribution in [2.24, 2.45) is 11.8 Å². The molecule has 5 heteroatoms. The third-order valence-corrected chi connectivity index (χ3v) is 7.68. The van der Waals surface area contributed by atoms with Crippen LogP contribution in [-0.4, -0.2) is 48.4 Å². The minimum Gasteiger partial charge on any atom is -0.338 e. The van der Waals surface area contributed by atoms with Crippen LogP contribution in [0.15, 0.2) is 78.9 Å². The van der Waals surface area contributed by atoms with Gasteiger partial charge in [0.2, 0.25) is 0 Å². The monoisotopic (exact) mass is 474 g/mol. The van der Waals surface area contributed by atoms with E-state index in [-0.39, 0.29) is 29.4 Å². The zero-order valence-corrected chi connectivity index (χ0v) is 20.0. The van der Waals surface area contributed by atoms with Gasteiger partial charge in [-0.1, -0.05) is 42.5 Å².